The molecule has 0 amide bonds. The maximum atomic E-state index is 4.25. The van der Waals surface area contributed by atoms with Crippen molar-refractivity contribution < 1.29 is 0 Å². The van der Waals surface area contributed by atoms with Crippen LogP contribution in [0.1, 0.15) is 36.8 Å². The van der Waals surface area contributed by atoms with Crippen molar-refractivity contribution in [2.24, 2.45) is 7.05 Å². The summed E-state index contributed by atoms with van der Waals surface area (Å²) in [4.78, 5) is 1.50. The Kier molecular flexibility index (Phi) is 4.63. The minimum atomic E-state index is 0.236. The van der Waals surface area contributed by atoms with E-state index in [0.717, 1.165) is 25.2 Å². The van der Waals surface area contributed by atoms with Gasteiger partial charge in [-0.05, 0) is 29.3 Å². The summed E-state index contributed by atoms with van der Waals surface area (Å²) in [5.41, 5.74) is 2.63. The molecule has 2 aromatic rings. The summed E-state index contributed by atoms with van der Waals surface area (Å²) in [6.45, 7) is 5.19. The summed E-state index contributed by atoms with van der Waals surface area (Å²) in [5.74, 6) is 0.771. The Labute approximate surface area is 114 Å². The van der Waals surface area contributed by atoms with E-state index in [4.69, 9.17) is 0 Å². The van der Waals surface area contributed by atoms with Crippen LogP contribution in [0.25, 0.3) is 0 Å². The summed E-state index contributed by atoms with van der Waals surface area (Å²) in [6.07, 6.45) is 1.82. The Morgan fingerprint density at radius 3 is 2.47 bits per heavy atom. The minimum Gasteiger partial charge on any atom is -0.310 e. The van der Waals surface area contributed by atoms with Crippen molar-refractivity contribution in [3.63, 3.8) is 0 Å². The summed E-state index contributed by atoms with van der Waals surface area (Å²) in [5, 5.41) is 15.7. The zero-order valence-electron chi connectivity index (χ0n) is 11.8. The molecule has 1 N–H and O–H groups in total. The molecule has 0 aliphatic rings. The predicted octanol–water partition coefficient (Wildman–Crippen LogP) is 1.67. The van der Waals surface area contributed by atoms with Gasteiger partial charge in [0.05, 0.1) is 7.05 Å². The van der Waals surface area contributed by atoms with Crippen LogP contribution in [0, 0.1) is 0 Å². The number of aryl methyl sites for hydroxylation is 2. The van der Waals surface area contributed by atoms with E-state index >= 15 is 0 Å². The first-order valence-corrected chi connectivity index (χ1v) is 6.78. The van der Waals surface area contributed by atoms with Gasteiger partial charge in [0.2, 0.25) is 0 Å². The first kappa shape index (κ1) is 13.7. The molecule has 102 valence electrons. The Morgan fingerprint density at radius 1 is 1.21 bits per heavy atom. The summed E-state index contributed by atoms with van der Waals surface area (Å²) >= 11 is 0. The topological polar surface area (TPSA) is 55.6 Å². The van der Waals surface area contributed by atoms with Crippen LogP contribution < -0.4 is 5.32 Å². The first-order chi connectivity index (χ1) is 9.22. The van der Waals surface area contributed by atoms with Crippen molar-refractivity contribution in [3.05, 3.63) is 41.2 Å². The van der Waals surface area contributed by atoms with Crippen molar-refractivity contribution in [2.75, 3.05) is 6.54 Å². The molecule has 0 bridgehead atoms. The molecule has 5 heteroatoms. The molecule has 1 unspecified atom stereocenters. The number of aromatic nitrogens is 4. The van der Waals surface area contributed by atoms with Crippen LogP contribution in [-0.2, 0) is 19.9 Å². The fourth-order valence-electron chi connectivity index (χ4n) is 2.13. The lowest BCUT2D eigenvalue weighted by Gasteiger charge is -2.17. The highest BCUT2D eigenvalue weighted by Gasteiger charge is 2.14. The van der Waals surface area contributed by atoms with Crippen LogP contribution in [0.5, 0.6) is 0 Å². The Bertz CT molecular complexity index is 503. The molecule has 0 spiro atoms. The molecular weight excluding hydrogens is 238 g/mol. The van der Waals surface area contributed by atoms with E-state index in [1.165, 1.54) is 15.9 Å². The number of nitrogens with one attached hydrogen (secondary N) is 1. The second-order valence-electron chi connectivity index (χ2n) is 4.60. The lowest BCUT2D eigenvalue weighted by Crippen LogP contribution is -2.23. The SMILES string of the molecule is CCNC(Cc1nnn(C)n1)c1ccc(CC)cc1. The molecule has 19 heavy (non-hydrogen) atoms. The van der Waals surface area contributed by atoms with Gasteiger partial charge in [0, 0.05) is 12.5 Å². The largest absolute Gasteiger partial charge is 0.310 e. The van der Waals surface area contributed by atoms with E-state index in [-0.39, 0.29) is 6.04 Å². The van der Waals surface area contributed by atoms with Crippen LogP contribution in [0.15, 0.2) is 24.3 Å². The van der Waals surface area contributed by atoms with Crippen LogP contribution in [0.4, 0.5) is 0 Å². The van der Waals surface area contributed by atoms with Gasteiger partial charge in [-0.25, -0.2) is 0 Å². The Balaban J connectivity index is 2.13. The van der Waals surface area contributed by atoms with Gasteiger partial charge in [-0.15, -0.1) is 10.2 Å². The van der Waals surface area contributed by atoms with E-state index in [1.807, 2.05) is 0 Å². The third kappa shape index (κ3) is 3.61. The first-order valence-electron chi connectivity index (χ1n) is 6.78. The molecule has 5 nitrogen and oxygen atoms in total. The van der Waals surface area contributed by atoms with Crippen LogP contribution in [-0.4, -0.2) is 26.8 Å². The van der Waals surface area contributed by atoms with E-state index < -0.39 is 0 Å². The fourth-order valence-corrected chi connectivity index (χ4v) is 2.13. The number of benzene rings is 1. The van der Waals surface area contributed by atoms with Gasteiger partial charge in [0.15, 0.2) is 5.82 Å². The maximum absolute atomic E-state index is 4.25. The van der Waals surface area contributed by atoms with Gasteiger partial charge in [0.25, 0.3) is 0 Å². The molecule has 0 aliphatic carbocycles. The molecule has 1 aromatic heterocycles. The normalized spacial score (nSPS) is 12.6. The second kappa shape index (κ2) is 6.43. The quantitative estimate of drug-likeness (QED) is 0.857. The predicted molar refractivity (Wildman–Crippen MR) is 74.7 cm³/mol. The third-order valence-electron chi connectivity index (χ3n) is 3.18. The molecule has 0 fully saturated rings. The highest BCUT2D eigenvalue weighted by molar-refractivity contribution is 5.25. The monoisotopic (exact) mass is 259 g/mol. The standard InChI is InChI=1S/C14H21N5/c1-4-11-6-8-12(9-7-11)13(15-5-2)10-14-16-18-19(3)17-14/h6-9,13,15H,4-5,10H2,1-3H3. The highest BCUT2D eigenvalue weighted by atomic mass is 15.6. The summed E-state index contributed by atoms with van der Waals surface area (Å²) in [7, 11) is 1.79. The van der Waals surface area contributed by atoms with E-state index in [0.29, 0.717) is 0 Å². The summed E-state index contributed by atoms with van der Waals surface area (Å²) < 4.78 is 0. The average molecular weight is 259 g/mol. The number of likely N-dealkylation sites (N-methyl/N-ethyl adjacent to an activating group) is 1. The Morgan fingerprint density at radius 2 is 1.95 bits per heavy atom. The van der Waals surface area contributed by atoms with Crippen molar-refractivity contribution in [1.29, 1.82) is 0 Å². The number of tetrazole rings is 1. The Hall–Kier alpha value is -1.75. The van der Waals surface area contributed by atoms with E-state index in [9.17, 15) is 0 Å². The van der Waals surface area contributed by atoms with Gasteiger partial charge in [-0.2, -0.15) is 4.80 Å². The van der Waals surface area contributed by atoms with Gasteiger partial charge >= 0.3 is 0 Å². The molecule has 2 rings (SSSR count). The lowest BCUT2D eigenvalue weighted by atomic mass is 10.0. The second-order valence-corrected chi connectivity index (χ2v) is 4.60. The van der Waals surface area contributed by atoms with Crippen LogP contribution >= 0.6 is 0 Å². The van der Waals surface area contributed by atoms with Crippen molar-refractivity contribution in [3.8, 4) is 0 Å². The molecule has 1 heterocycles. The van der Waals surface area contributed by atoms with Gasteiger partial charge in [0.1, 0.15) is 0 Å². The lowest BCUT2D eigenvalue weighted by molar-refractivity contribution is 0.534. The van der Waals surface area contributed by atoms with Gasteiger partial charge < -0.3 is 5.32 Å². The zero-order valence-corrected chi connectivity index (χ0v) is 11.8. The number of hydrogen-bond donors (Lipinski definition) is 1. The average Bonchev–Trinajstić information content (AvgIpc) is 2.84. The number of nitrogens with zero attached hydrogens (tertiary/aromatic N) is 4. The molecule has 0 saturated carbocycles. The summed E-state index contributed by atoms with van der Waals surface area (Å²) in [6, 6.07) is 8.97. The molecule has 0 aliphatic heterocycles. The molecular formula is C14H21N5. The molecule has 1 atom stereocenters. The van der Waals surface area contributed by atoms with Crippen LogP contribution in [0.2, 0.25) is 0 Å². The molecule has 0 saturated heterocycles. The van der Waals surface area contributed by atoms with Crippen LogP contribution in [0.3, 0.4) is 0 Å². The smallest absolute Gasteiger partial charge is 0.176 e. The maximum Gasteiger partial charge on any atom is 0.176 e. The molecule has 1 aromatic carbocycles. The minimum absolute atomic E-state index is 0.236. The number of rotatable bonds is 6. The fraction of sp³-hybridized carbons (Fsp3) is 0.500. The highest BCUT2D eigenvalue weighted by Crippen LogP contribution is 2.17. The van der Waals surface area contributed by atoms with E-state index in [2.05, 4.69) is 58.8 Å². The molecule has 0 radical (unpaired) electrons. The third-order valence-corrected chi connectivity index (χ3v) is 3.18. The van der Waals surface area contributed by atoms with Crippen molar-refractivity contribution >= 4 is 0 Å². The zero-order chi connectivity index (χ0) is 13.7. The van der Waals surface area contributed by atoms with E-state index in [1.54, 1.807) is 7.05 Å². The van der Waals surface area contributed by atoms with Gasteiger partial charge in [-0.1, -0.05) is 38.1 Å². The van der Waals surface area contributed by atoms with Crippen molar-refractivity contribution in [1.82, 2.24) is 25.5 Å². The van der Waals surface area contributed by atoms with Crippen molar-refractivity contribution in [2.45, 2.75) is 32.7 Å². The number of hydrogen-bond acceptors (Lipinski definition) is 4. The van der Waals surface area contributed by atoms with Gasteiger partial charge in [-0.3, -0.25) is 0 Å².